The van der Waals surface area contributed by atoms with Crippen LogP contribution in [0.1, 0.15) is 19.8 Å². The molecule has 0 aliphatic heterocycles. The molecular weight excluding hydrogens is 268 g/mol. The third-order valence-corrected chi connectivity index (χ3v) is 3.27. The predicted molar refractivity (Wildman–Crippen MR) is 72.6 cm³/mol. The van der Waals surface area contributed by atoms with Gasteiger partial charge in [0.05, 0.1) is 12.4 Å². The minimum absolute atomic E-state index is 0.118. The summed E-state index contributed by atoms with van der Waals surface area (Å²) in [5.74, 6) is -1.05. The summed E-state index contributed by atoms with van der Waals surface area (Å²) in [5, 5.41) is 9.06. The zero-order valence-electron chi connectivity index (χ0n) is 10.9. The number of nitrogens with zero attached hydrogens (tertiary/aromatic N) is 2. The van der Waals surface area contributed by atoms with Crippen LogP contribution in [0.4, 0.5) is 0 Å². The molecule has 1 aromatic heterocycles. The molecule has 0 amide bonds. The van der Waals surface area contributed by atoms with Gasteiger partial charge >= 0.3 is 5.97 Å². The van der Waals surface area contributed by atoms with Gasteiger partial charge in [-0.2, -0.15) is 4.98 Å². The van der Waals surface area contributed by atoms with Gasteiger partial charge in [0.15, 0.2) is 5.16 Å². The van der Waals surface area contributed by atoms with Crippen LogP contribution in [0.5, 0.6) is 0 Å². The summed E-state index contributed by atoms with van der Waals surface area (Å²) in [4.78, 5) is 25.5. The molecule has 0 bridgehead atoms. The average Bonchev–Trinajstić information content (AvgIpc) is 2.38. The monoisotopic (exact) mass is 286 g/mol. The second-order valence-corrected chi connectivity index (χ2v) is 4.83. The van der Waals surface area contributed by atoms with Crippen molar-refractivity contribution in [3.8, 4) is 0 Å². The van der Waals surface area contributed by atoms with Gasteiger partial charge < -0.3 is 14.4 Å². The Morgan fingerprint density at radius 2 is 2.32 bits per heavy atom. The number of unbranched alkanes of at least 4 members (excludes halogenated alkanes) is 1. The first-order chi connectivity index (χ1) is 9.13. The molecule has 0 atom stereocenters. The summed E-state index contributed by atoms with van der Waals surface area (Å²) in [6, 6.07) is 1.36. The van der Waals surface area contributed by atoms with Gasteiger partial charge in [-0.1, -0.05) is 25.1 Å². The highest BCUT2D eigenvalue weighted by Crippen LogP contribution is 2.13. The van der Waals surface area contributed by atoms with Crippen LogP contribution in [0.15, 0.2) is 22.2 Å². The molecule has 1 heterocycles. The van der Waals surface area contributed by atoms with Gasteiger partial charge in [-0.3, -0.25) is 9.59 Å². The number of rotatable bonds is 9. The molecule has 106 valence electrons. The van der Waals surface area contributed by atoms with Crippen LogP contribution in [-0.4, -0.2) is 39.6 Å². The maximum atomic E-state index is 11.2. The molecule has 1 rings (SSSR count). The summed E-state index contributed by atoms with van der Waals surface area (Å²) in [7, 11) is 0. The molecule has 0 spiro atoms. The van der Waals surface area contributed by atoms with Crippen molar-refractivity contribution in [2.24, 2.45) is 0 Å². The Morgan fingerprint density at radius 3 is 3.00 bits per heavy atom. The minimum atomic E-state index is -0.936. The molecular formula is C12H18N2O4S. The summed E-state index contributed by atoms with van der Waals surface area (Å²) < 4.78 is 7.17. The molecule has 0 aromatic carbocycles. The van der Waals surface area contributed by atoms with E-state index in [4.69, 9.17) is 9.84 Å². The van der Waals surface area contributed by atoms with Crippen molar-refractivity contribution < 1.29 is 14.6 Å². The van der Waals surface area contributed by atoms with Gasteiger partial charge in [-0.25, -0.2) is 0 Å². The second-order valence-electron chi connectivity index (χ2n) is 3.89. The zero-order chi connectivity index (χ0) is 14.1. The lowest BCUT2D eigenvalue weighted by Gasteiger charge is -2.11. The molecule has 1 N–H and O–H groups in total. The van der Waals surface area contributed by atoms with Gasteiger partial charge in [0.2, 0.25) is 0 Å². The molecule has 0 unspecified atom stereocenters. The van der Waals surface area contributed by atoms with E-state index in [-0.39, 0.29) is 11.3 Å². The van der Waals surface area contributed by atoms with Crippen LogP contribution < -0.4 is 5.56 Å². The molecule has 1 aromatic rings. The maximum absolute atomic E-state index is 11.2. The van der Waals surface area contributed by atoms with Crippen LogP contribution >= 0.6 is 11.8 Å². The van der Waals surface area contributed by atoms with E-state index in [1.165, 1.54) is 6.07 Å². The summed E-state index contributed by atoms with van der Waals surface area (Å²) >= 11 is 1.03. The number of thioether (sulfide) groups is 1. The first kappa shape index (κ1) is 15.7. The molecule has 0 fully saturated rings. The minimum Gasteiger partial charge on any atom is -0.481 e. The highest BCUT2D eigenvalue weighted by atomic mass is 32.2. The Labute approximate surface area is 115 Å². The summed E-state index contributed by atoms with van der Waals surface area (Å²) in [6.07, 6.45) is 3.71. The van der Waals surface area contributed by atoms with Crippen LogP contribution in [0.2, 0.25) is 0 Å². The fraction of sp³-hybridized carbons (Fsp3) is 0.583. The van der Waals surface area contributed by atoms with Gasteiger partial charge in [-0.05, 0) is 6.42 Å². The number of carboxylic acids is 1. The standard InChI is InChI=1S/C12H18N2O4S/c1-2-3-7-18-8-6-14-5-4-10(15)13-12(14)19-9-11(16)17/h4-5H,2-3,6-9H2,1H3,(H,16,17). The van der Waals surface area contributed by atoms with Crippen LogP contribution in [0.3, 0.4) is 0 Å². The molecule has 0 aliphatic carbocycles. The normalized spacial score (nSPS) is 10.6. The lowest BCUT2D eigenvalue weighted by atomic mass is 10.4. The third-order valence-electron chi connectivity index (χ3n) is 2.29. The fourth-order valence-electron chi connectivity index (χ4n) is 1.34. The average molecular weight is 286 g/mol. The Hall–Kier alpha value is -1.34. The van der Waals surface area contributed by atoms with E-state index in [0.29, 0.717) is 24.9 Å². The number of aromatic nitrogens is 2. The third kappa shape index (κ3) is 6.40. The van der Waals surface area contributed by atoms with Crippen molar-refractivity contribution in [3.63, 3.8) is 0 Å². The van der Waals surface area contributed by atoms with E-state index in [1.807, 2.05) is 0 Å². The fourth-order valence-corrected chi connectivity index (χ4v) is 2.06. The van der Waals surface area contributed by atoms with Gasteiger partial charge in [0.1, 0.15) is 0 Å². The Bertz CT molecular complexity index is 461. The van der Waals surface area contributed by atoms with E-state index < -0.39 is 5.97 Å². The number of ether oxygens (including phenoxy) is 1. The van der Waals surface area contributed by atoms with Crippen molar-refractivity contribution in [2.75, 3.05) is 19.0 Å². The molecule has 0 radical (unpaired) electrons. The van der Waals surface area contributed by atoms with Crippen LogP contribution in [0, 0.1) is 0 Å². The van der Waals surface area contributed by atoms with Crippen molar-refractivity contribution in [1.29, 1.82) is 0 Å². The van der Waals surface area contributed by atoms with Crippen LogP contribution in [0.25, 0.3) is 0 Å². The molecule has 6 nitrogen and oxygen atoms in total. The lowest BCUT2D eigenvalue weighted by Crippen LogP contribution is -2.16. The topological polar surface area (TPSA) is 81.4 Å². The Kier molecular flexibility index (Phi) is 7.20. The Morgan fingerprint density at radius 1 is 1.53 bits per heavy atom. The zero-order valence-corrected chi connectivity index (χ0v) is 11.7. The van der Waals surface area contributed by atoms with Crippen LogP contribution in [-0.2, 0) is 16.1 Å². The van der Waals surface area contributed by atoms with E-state index >= 15 is 0 Å². The first-order valence-electron chi connectivity index (χ1n) is 6.13. The van der Waals surface area contributed by atoms with E-state index in [9.17, 15) is 9.59 Å². The van der Waals surface area contributed by atoms with E-state index in [2.05, 4.69) is 11.9 Å². The number of hydrogen-bond donors (Lipinski definition) is 1. The lowest BCUT2D eigenvalue weighted by molar-refractivity contribution is -0.133. The highest BCUT2D eigenvalue weighted by molar-refractivity contribution is 7.99. The highest BCUT2D eigenvalue weighted by Gasteiger charge is 2.06. The van der Waals surface area contributed by atoms with Crippen molar-refractivity contribution in [1.82, 2.24) is 9.55 Å². The smallest absolute Gasteiger partial charge is 0.313 e. The van der Waals surface area contributed by atoms with Gasteiger partial charge in [0, 0.05) is 25.4 Å². The summed E-state index contributed by atoms with van der Waals surface area (Å²) in [5.41, 5.74) is -0.365. The maximum Gasteiger partial charge on any atom is 0.313 e. The van der Waals surface area contributed by atoms with E-state index in [1.54, 1.807) is 10.8 Å². The number of hydrogen-bond acceptors (Lipinski definition) is 5. The molecule has 0 aliphatic rings. The van der Waals surface area contributed by atoms with Gasteiger partial charge in [0.25, 0.3) is 5.56 Å². The van der Waals surface area contributed by atoms with Crippen molar-refractivity contribution in [3.05, 3.63) is 22.6 Å². The second kappa shape index (κ2) is 8.71. The van der Waals surface area contributed by atoms with Crippen molar-refractivity contribution in [2.45, 2.75) is 31.5 Å². The summed E-state index contributed by atoms with van der Waals surface area (Å²) in [6.45, 7) is 3.88. The largest absolute Gasteiger partial charge is 0.481 e. The number of carboxylic acid groups (broad SMARTS) is 1. The van der Waals surface area contributed by atoms with Gasteiger partial charge in [-0.15, -0.1) is 0 Å². The SMILES string of the molecule is CCCCOCCn1ccc(=O)nc1SCC(=O)O. The molecule has 7 heteroatoms. The Balaban J connectivity index is 2.55. The van der Waals surface area contributed by atoms with E-state index in [0.717, 1.165) is 24.6 Å². The number of aliphatic carboxylic acids is 1. The molecule has 0 saturated carbocycles. The van der Waals surface area contributed by atoms with Crippen molar-refractivity contribution >= 4 is 17.7 Å². The quantitative estimate of drug-likeness (QED) is 0.418. The molecule has 0 saturated heterocycles. The predicted octanol–water partition coefficient (Wildman–Crippen LogP) is 1.24. The molecule has 19 heavy (non-hydrogen) atoms. The number of carbonyl (C=O) groups is 1. The first-order valence-corrected chi connectivity index (χ1v) is 7.12.